The molecule has 5 aliphatic heterocycles. The van der Waals surface area contributed by atoms with Gasteiger partial charge in [0.05, 0.1) is 12.4 Å². The van der Waals surface area contributed by atoms with Gasteiger partial charge in [0, 0.05) is 39.7 Å². The number of ether oxygens (including phenoxy) is 6. The van der Waals surface area contributed by atoms with Crippen LogP contribution in [0.5, 0.6) is 34.5 Å². The molecule has 4 atom stereocenters. The molecule has 97 heavy (non-hydrogen) atoms. The van der Waals surface area contributed by atoms with Crippen LogP contribution in [0.3, 0.4) is 0 Å². The molecular formula is C75H90BF3O13P4S. The average Bonchev–Trinajstić information content (AvgIpc) is 1.66. The number of fused-ring (bicyclic) bond motifs is 4. The molecule has 0 spiro atoms. The second-order valence-corrected chi connectivity index (χ2v) is 42.0. The van der Waals surface area contributed by atoms with E-state index >= 15 is 0 Å². The highest BCUT2D eigenvalue weighted by atomic mass is 32.2. The minimum Gasteiger partial charge on any atom is -0.496 e. The summed E-state index contributed by atoms with van der Waals surface area (Å²) < 4.78 is 124. The number of rotatable bonds is 7. The lowest BCUT2D eigenvalue weighted by Gasteiger charge is -2.28. The number of hydrogen-bond acceptors (Lipinski definition) is 13. The predicted molar refractivity (Wildman–Crippen MR) is 394 cm³/mol. The third-order valence-electron chi connectivity index (χ3n) is 16.8. The van der Waals surface area contributed by atoms with Crippen LogP contribution in [0.15, 0.2) is 182 Å². The van der Waals surface area contributed by atoms with Gasteiger partial charge in [0.1, 0.15) is 59.4 Å². The first-order valence-electron chi connectivity index (χ1n) is 32.1. The molecule has 518 valence electrons. The molecule has 2 N–H and O–H groups in total. The molecule has 22 heteroatoms. The first-order chi connectivity index (χ1) is 45.5. The Morgan fingerprint density at radius 2 is 0.887 bits per heavy atom. The molecule has 0 radical (unpaired) electrons. The summed E-state index contributed by atoms with van der Waals surface area (Å²) in [7, 11) is -11.9. The van der Waals surface area contributed by atoms with Crippen LogP contribution in [0, 0.1) is 6.92 Å². The SMILES string of the molecule is C1CCOC1.CC(C)(C)[P@@]1(=O)COc2cccc(-c3ccccc3)c21.CC(C)(C)[P@@]1(=O)COc2cccc(OS(=O)(=O)C(F)(F)F)c21.CC(C)(C)[P@@]1COc2cccc(-c3ccccc3)c21.COc1cccc(C)c1-c1cccc2c1[P@@](C(C)(C)C)CO2.OB(O)c1ccccc1. The topological polar surface area (TPSA) is 173 Å². The van der Waals surface area contributed by atoms with Gasteiger partial charge < -0.3 is 51.8 Å². The van der Waals surface area contributed by atoms with Gasteiger partial charge >= 0.3 is 22.7 Å². The maximum atomic E-state index is 13.5. The number of aryl methyl sites for hydroxylation is 1. The third-order valence-corrected chi connectivity index (χ3v) is 31.5. The van der Waals surface area contributed by atoms with Gasteiger partial charge in [-0.3, -0.25) is 0 Å². The molecule has 8 aromatic rings. The highest BCUT2D eigenvalue weighted by Gasteiger charge is 2.52. The van der Waals surface area contributed by atoms with E-state index in [0.717, 1.165) is 71.4 Å². The number of alkyl halides is 3. The van der Waals surface area contributed by atoms with E-state index in [1.165, 1.54) is 63.4 Å². The molecule has 13 nitrogen and oxygen atoms in total. The van der Waals surface area contributed by atoms with Gasteiger partial charge in [-0.15, -0.1) is 0 Å². The molecule has 1 saturated heterocycles. The van der Waals surface area contributed by atoms with Crippen LogP contribution in [-0.2, 0) is 24.0 Å². The third kappa shape index (κ3) is 17.8. The van der Waals surface area contributed by atoms with Gasteiger partial charge in [-0.25, -0.2) is 0 Å². The smallest absolute Gasteiger partial charge is 0.496 e. The molecule has 5 heterocycles. The zero-order valence-corrected chi connectivity index (χ0v) is 62.2. The zero-order valence-electron chi connectivity index (χ0n) is 57.8. The average molecular weight is 1420 g/mol. The summed E-state index contributed by atoms with van der Waals surface area (Å²) in [5.41, 5.74) is 3.44. The summed E-state index contributed by atoms with van der Waals surface area (Å²) in [6.07, 6.45) is 4.34. The van der Waals surface area contributed by atoms with Gasteiger partial charge in [0.15, 0.2) is 20.0 Å². The Morgan fingerprint density at radius 3 is 1.32 bits per heavy atom. The van der Waals surface area contributed by atoms with Gasteiger partial charge in [-0.05, 0) is 121 Å². The Bertz CT molecular complexity index is 4180. The Morgan fingerprint density at radius 1 is 0.485 bits per heavy atom. The molecule has 0 saturated carbocycles. The quantitative estimate of drug-likeness (QED) is 0.0668. The molecule has 1 fully saturated rings. The largest absolute Gasteiger partial charge is 0.534 e. The molecule has 0 unspecified atom stereocenters. The highest BCUT2D eigenvalue weighted by molar-refractivity contribution is 7.88. The molecule has 0 bridgehead atoms. The van der Waals surface area contributed by atoms with Crippen LogP contribution in [-0.4, -0.2) is 97.4 Å². The highest BCUT2D eigenvalue weighted by Crippen LogP contribution is 2.65. The number of benzene rings is 8. The van der Waals surface area contributed by atoms with E-state index in [4.69, 9.17) is 38.5 Å². The van der Waals surface area contributed by atoms with Crippen molar-refractivity contribution in [3.8, 4) is 67.9 Å². The Labute approximate surface area is 574 Å². The maximum Gasteiger partial charge on any atom is 0.534 e. The van der Waals surface area contributed by atoms with Crippen molar-refractivity contribution >= 4 is 74.0 Å². The normalized spacial score (nSPS) is 18.9. The minimum absolute atomic E-state index is 0.0770. The Balaban J connectivity index is 0.000000155. The van der Waals surface area contributed by atoms with E-state index in [0.29, 0.717) is 11.8 Å². The molecule has 8 aromatic carbocycles. The van der Waals surface area contributed by atoms with Gasteiger partial charge in [-0.1, -0.05) is 229 Å². The van der Waals surface area contributed by atoms with Crippen molar-refractivity contribution in [1.29, 1.82) is 0 Å². The molecule has 0 aliphatic carbocycles. The van der Waals surface area contributed by atoms with Gasteiger partial charge in [-0.2, -0.15) is 21.6 Å². The fraction of sp³-hybridized carbons (Fsp3) is 0.360. The van der Waals surface area contributed by atoms with Crippen LogP contribution in [0.2, 0.25) is 0 Å². The molecular weight excluding hydrogens is 1330 g/mol. The minimum atomic E-state index is -5.84. The summed E-state index contributed by atoms with van der Waals surface area (Å²) in [5.74, 6) is 3.32. The van der Waals surface area contributed by atoms with E-state index in [1.54, 1.807) is 52.1 Å². The Hall–Kier alpha value is -6.44. The molecule has 0 amide bonds. The number of methoxy groups -OCH3 is 1. The van der Waals surface area contributed by atoms with E-state index in [9.17, 15) is 30.7 Å². The van der Waals surface area contributed by atoms with Gasteiger partial charge in [0.25, 0.3) is 0 Å². The van der Waals surface area contributed by atoms with Crippen LogP contribution in [0.1, 0.15) is 101 Å². The van der Waals surface area contributed by atoms with Crippen molar-refractivity contribution in [1.82, 2.24) is 0 Å². The lowest BCUT2D eigenvalue weighted by Crippen LogP contribution is -2.30. The lowest BCUT2D eigenvalue weighted by atomic mass is 9.81. The second-order valence-electron chi connectivity index (χ2n) is 27.6. The fourth-order valence-corrected chi connectivity index (χ4v) is 21.5. The van der Waals surface area contributed by atoms with E-state index in [2.05, 4.69) is 138 Å². The predicted octanol–water partition coefficient (Wildman–Crippen LogP) is 17.2. The van der Waals surface area contributed by atoms with Crippen molar-refractivity contribution in [3.63, 3.8) is 0 Å². The zero-order chi connectivity index (χ0) is 70.9. The van der Waals surface area contributed by atoms with Crippen LogP contribution in [0.25, 0.3) is 33.4 Å². The molecule has 13 rings (SSSR count). The molecule has 0 aromatic heterocycles. The van der Waals surface area contributed by atoms with E-state index in [-0.39, 0.29) is 48.7 Å². The summed E-state index contributed by atoms with van der Waals surface area (Å²) in [4.78, 5) is 0. The van der Waals surface area contributed by atoms with Crippen LogP contribution in [0.4, 0.5) is 13.2 Å². The molecule has 5 aliphatic rings. The van der Waals surface area contributed by atoms with Crippen LogP contribution >= 0.6 is 30.1 Å². The monoisotopic (exact) mass is 1420 g/mol. The summed E-state index contributed by atoms with van der Waals surface area (Å²) in [6.45, 7) is 29.1. The van der Waals surface area contributed by atoms with Gasteiger partial charge in [0.2, 0.25) is 0 Å². The van der Waals surface area contributed by atoms with Crippen molar-refractivity contribution in [2.24, 2.45) is 0 Å². The van der Waals surface area contributed by atoms with Crippen molar-refractivity contribution < 1.29 is 73.4 Å². The van der Waals surface area contributed by atoms with E-state index in [1.807, 2.05) is 75.4 Å². The lowest BCUT2D eigenvalue weighted by molar-refractivity contribution is -0.0499. The first kappa shape index (κ1) is 76.3. The summed E-state index contributed by atoms with van der Waals surface area (Å²) >= 11 is 0. The summed E-state index contributed by atoms with van der Waals surface area (Å²) in [5, 5.41) is 20.2. The van der Waals surface area contributed by atoms with Crippen molar-refractivity contribution in [2.75, 3.05) is 45.7 Å². The Kier molecular flexibility index (Phi) is 24.7. The first-order valence-corrected chi connectivity index (χ1v) is 40.3. The van der Waals surface area contributed by atoms with E-state index < -0.39 is 47.9 Å². The maximum absolute atomic E-state index is 13.5. The number of halogens is 3. The summed E-state index contributed by atoms with van der Waals surface area (Å²) in [6, 6.07) is 58.1. The number of hydrogen-bond donors (Lipinski definition) is 2. The van der Waals surface area contributed by atoms with Crippen molar-refractivity contribution in [2.45, 2.75) is 129 Å². The van der Waals surface area contributed by atoms with Crippen LogP contribution < -0.4 is 54.5 Å². The fourth-order valence-electron chi connectivity index (χ4n) is 11.2. The standard InChI is InChI=1S/C19H23O2P.C17H19O2P.C17H19OP.C12H14F3O5PS.C6H7BO2.C4H8O/c1-13-8-6-10-15(20-5)17(13)14-9-7-11-16-18(14)22(12-21-16)19(2,3)4;1-17(2,3)20(18)12-19-15-11-7-10-14(16(15)20)13-8-5-4-6-9-13;1-17(2,3)19-12-18-15-11-7-10-14(16(15)19)13-8-5-4-6-9-13;1-11(2,3)21(16)7-19-8-5-4-6-9(10(8)21)20-22(17,18)12(13,14)15;8-7(9)6-4-2-1-3-5-6;1-2-4-5-3-1/h6-11H,12H2,1-5H3;4-11H,12H2,1-3H3;4-11H,12H2,1-3H3;4-6H,7H2,1-3H3;1-5,8-9H;1-4H2/t22-;20-;19-;21-;;/m0101../s1. The second kappa shape index (κ2) is 31.4. The van der Waals surface area contributed by atoms with Crippen molar-refractivity contribution in [3.05, 3.63) is 188 Å².